The Morgan fingerprint density at radius 2 is 1.93 bits per heavy atom. The van der Waals surface area contributed by atoms with E-state index in [-0.39, 0.29) is 25.3 Å². The molecular weight excluding hydrogens is 370 g/mol. The van der Waals surface area contributed by atoms with Gasteiger partial charge in [0.25, 0.3) is 5.89 Å². The second-order valence-electron chi connectivity index (χ2n) is 5.41. The van der Waals surface area contributed by atoms with Crippen molar-refractivity contribution in [1.82, 2.24) is 25.3 Å². The Morgan fingerprint density at radius 1 is 1.07 bits per heavy atom. The van der Waals surface area contributed by atoms with Gasteiger partial charge in [0, 0.05) is 23.6 Å². The molecular formula is C17H13N5O4S. The molecule has 9 nitrogen and oxygen atoms in total. The number of thiophene rings is 1. The summed E-state index contributed by atoms with van der Waals surface area (Å²) in [6, 6.07) is 7.29. The van der Waals surface area contributed by atoms with Gasteiger partial charge >= 0.3 is 5.97 Å². The van der Waals surface area contributed by atoms with E-state index in [0.717, 1.165) is 5.56 Å². The number of nitrogens with zero attached hydrogens (tertiary/aromatic N) is 5. The number of hydrogen-bond donors (Lipinski definition) is 0. The second-order valence-corrected chi connectivity index (χ2v) is 6.19. The fraction of sp³-hybridized carbons (Fsp3) is 0.176. The van der Waals surface area contributed by atoms with E-state index < -0.39 is 5.97 Å². The standard InChI is InChI=1S/C17H13N5O4S/c23-15(24-9-14-20-16(21-26-14)11-6-8-27-10-11)5-4-13-19-17(22-25-13)12-3-1-2-7-18-12/h1-3,6-8,10H,4-5,9H2. The van der Waals surface area contributed by atoms with E-state index in [2.05, 4.69) is 25.3 Å². The van der Waals surface area contributed by atoms with Crippen LogP contribution in [0.25, 0.3) is 22.9 Å². The molecule has 0 atom stereocenters. The molecule has 0 aliphatic heterocycles. The Bertz CT molecular complexity index is 1010. The van der Waals surface area contributed by atoms with Crippen LogP contribution >= 0.6 is 11.3 Å². The average Bonchev–Trinajstić information content (AvgIpc) is 3.47. The van der Waals surface area contributed by atoms with Crippen LogP contribution in [0.4, 0.5) is 0 Å². The Morgan fingerprint density at radius 3 is 2.74 bits per heavy atom. The van der Waals surface area contributed by atoms with E-state index in [4.69, 9.17) is 13.8 Å². The van der Waals surface area contributed by atoms with Crippen molar-refractivity contribution in [1.29, 1.82) is 0 Å². The average molecular weight is 383 g/mol. The molecule has 0 N–H and O–H groups in total. The van der Waals surface area contributed by atoms with Crippen molar-refractivity contribution >= 4 is 17.3 Å². The zero-order valence-corrected chi connectivity index (χ0v) is 14.8. The largest absolute Gasteiger partial charge is 0.456 e. The van der Waals surface area contributed by atoms with Crippen LogP contribution in [0.3, 0.4) is 0 Å². The van der Waals surface area contributed by atoms with Crippen LogP contribution in [0.5, 0.6) is 0 Å². The first-order chi connectivity index (χ1) is 13.3. The number of esters is 1. The maximum absolute atomic E-state index is 11.9. The maximum atomic E-state index is 11.9. The molecule has 0 unspecified atom stereocenters. The summed E-state index contributed by atoms with van der Waals surface area (Å²) >= 11 is 1.54. The third-order valence-electron chi connectivity index (χ3n) is 3.51. The van der Waals surface area contributed by atoms with Gasteiger partial charge in [0.15, 0.2) is 6.61 Å². The fourth-order valence-electron chi connectivity index (χ4n) is 2.20. The first kappa shape index (κ1) is 17.0. The third kappa shape index (κ3) is 4.23. The number of pyridine rings is 1. The number of ether oxygens (including phenoxy) is 1. The first-order valence-corrected chi connectivity index (χ1v) is 8.97. The molecule has 0 aliphatic rings. The molecule has 27 heavy (non-hydrogen) atoms. The number of rotatable bonds is 7. The molecule has 0 saturated heterocycles. The molecule has 4 rings (SSSR count). The van der Waals surface area contributed by atoms with Gasteiger partial charge in [0.1, 0.15) is 5.69 Å². The van der Waals surface area contributed by atoms with E-state index in [9.17, 15) is 4.79 Å². The summed E-state index contributed by atoms with van der Waals surface area (Å²) in [6.07, 6.45) is 2.00. The van der Waals surface area contributed by atoms with Crippen molar-refractivity contribution < 1.29 is 18.6 Å². The summed E-state index contributed by atoms with van der Waals surface area (Å²) in [5, 5.41) is 11.5. The van der Waals surface area contributed by atoms with E-state index in [1.807, 2.05) is 22.9 Å². The topological polar surface area (TPSA) is 117 Å². The van der Waals surface area contributed by atoms with Crippen LogP contribution in [-0.4, -0.2) is 31.2 Å². The second kappa shape index (κ2) is 7.87. The number of hydrogen-bond acceptors (Lipinski definition) is 10. The normalized spacial score (nSPS) is 10.8. The van der Waals surface area contributed by atoms with Crippen molar-refractivity contribution in [2.45, 2.75) is 19.4 Å². The number of aryl methyl sites for hydroxylation is 1. The van der Waals surface area contributed by atoms with Crippen LogP contribution in [0.15, 0.2) is 50.3 Å². The quantitative estimate of drug-likeness (QED) is 0.444. The molecule has 0 aromatic carbocycles. The molecule has 0 spiro atoms. The van der Waals surface area contributed by atoms with E-state index in [1.165, 1.54) is 11.3 Å². The van der Waals surface area contributed by atoms with Gasteiger partial charge in [0.05, 0.1) is 6.42 Å². The lowest BCUT2D eigenvalue weighted by Gasteiger charge is -1.99. The van der Waals surface area contributed by atoms with Gasteiger partial charge in [-0.2, -0.15) is 21.3 Å². The van der Waals surface area contributed by atoms with Gasteiger partial charge in [-0.05, 0) is 23.6 Å². The van der Waals surface area contributed by atoms with Gasteiger partial charge < -0.3 is 13.8 Å². The summed E-state index contributed by atoms with van der Waals surface area (Å²) in [6.45, 7) is -0.0843. The molecule has 0 amide bonds. The van der Waals surface area contributed by atoms with Gasteiger partial charge in [0.2, 0.25) is 17.5 Å². The summed E-state index contributed by atoms with van der Waals surface area (Å²) in [5.74, 6) is 0.994. The van der Waals surface area contributed by atoms with Crippen LogP contribution in [0.1, 0.15) is 18.2 Å². The van der Waals surface area contributed by atoms with Crippen molar-refractivity contribution in [3.8, 4) is 22.9 Å². The highest BCUT2D eigenvalue weighted by Crippen LogP contribution is 2.19. The lowest BCUT2D eigenvalue weighted by molar-refractivity contribution is -0.145. The molecule has 0 saturated carbocycles. The fourth-order valence-corrected chi connectivity index (χ4v) is 2.84. The molecule has 0 radical (unpaired) electrons. The van der Waals surface area contributed by atoms with Gasteiger partial charge in [-0.1, -0.05) is 16.4 Å². The Kier molecular flexibility index (Phi) is 4.97. The number of carbonyl (C=O) groups excluding carboxylic acids is 1. The molecule has 4 aromatic heterocycles. The summed E-state index contributed by atoms with van der Waals surface area (Å²) in [4.78, 5) is 24.4. The molecule has 0 bridgehead atoms. The highest BCUT2D eigenvalue weighted by atomic mass is 32.1. The highest BCUT2D eigenvalue weighted by molar-refractivity contribution is 7.08. The smallest absolute Gasteiger partial charge is 0.306 e. The molecule has 10 heteroatoms. The minimum Gasteiger partial charge on any atom is -0.456 e. The Labute approximate surface area is 157 Å². The highest BCUT2D eigenvalue weighted by Gasteiger charge is 2.14. The Hall–Kier alpha value is -3.40. The van der Waals surface area contributed by atoms with Crippen LogP contribution in [0.2, 0.25) is 0 Å². The Balaban J connectivity index is 1.26. The lowest BCUT2D eigenvalue weighted by Crippen LogP contribution is -2.06. The number of aromatic nitrogens is 5. The minimum absolute atomic E-state index is 0.0843. The van der Waals surface area contributed by atoms with Crippen LogP contribution in [-0.2, 0) is 22.6 Å². The lowest BCUT2D eigenvalue weighted by atomic mass is 10.3. The first-order valence-electron chi connectivity index (χ1n) is 8.03. The van der Waals surface area contributed by atoms with Crippen molar-refractivity contribution in [2.75, 3.05) is 0 Å². The predicted octanol–water partition coefficient (Wildman–Crippen LogP) is 2.92. The third-order valence-corrected chi connectivity index (χ3v) is 4.19. The van der Waals surface area contributed by atoms with Crippen molar-refractivity contribution in [3.63, 3.8) is 0 Å². The van der Waals surface area contributed by atoms with Gasteiger partial charge in [-0.15, -0.1) is 0 Å². The van der Waals surface area contributed by atoms with Crippen LogP contribution in [0, 0.1) is 0 Å². The van der Waals surface area contributed by atoms with E-state index >= 15 is 0 Å². The maximum Gasteiger partial charge on any atom is 0.306 e. The number of carbonyl (C=O) groups is 1. The summed E-state index contributed by atoms with van der Waals surface area (Å²) in [5.41, 5.74) is 1.47. The van der Waals surface area contributed by atoms with E-state index in [1.54, 1.807) is 18.3 Å². The van der Waals surface area contributed by atoms with E-state index in [0.29, 0.717) is 23.2 Å². The molecule has 0 aliphatic carbocycles. The zero-order valence-electron chi connectivity index (χ0n) is 13.9. The van der Waals surface area contributed by atoms with Crippen LogP contribution < -0.4 is 0 Å². The van der Waals surface area contributed by atoms with Gasteiger partial charge in [-0.25, -0.2) is 0 Å². The summed E-state index contributed by atoms with van der Waals surface area (Å²) in [7, 11) is 0. The SMILES string of the molecule is O=C(CCc1nc(-c2ccccn2)no1)OCc1nc(-c2ccsc2)no1. The summed E-state index contributed by atoms with van der Waals surface area (Å²) < 4.78 is 15.3. The molecule has 4 heterocycles. The monoisotopic (exact) mass is 383 g/mol. The predicted molar refractivity (Wildman–Crippen MR) is 93.3 cm³/mol. The minimum atomic E-state index is -0.428. The molecule has 0 fully saturated rings. The van der Waals surface area contributed by atoms with Crippen molar-refractivity contribution in [2.24, 2.45) is 0 Å². The molecule has 136 valence electrons. The zero-order chi connectivity index (χ0) is 18.5. The van der Waals surface area contributed by atoms with Gasteiger partial charge in [-0.3, -0.25) is 9.78 Å². The molecule has 4 aromatic rings. The van der Waals surface area contributed by atoms with Crippen molar-refractivity contribution in [3.05, 3.63) is 53.0 Å².